The first kappa shape index (κ1) is 24.3. The molecule has 8 nitrogen and oxygen atoms in total. The van der Waals surface area contributed by atoms with Gasteiger partial charge in [0.25, 0.3) is 0 Å². The van der Waals surface area contributed by atoms with Gasteiger partial charge in [0.15, 0.2) is 0 Å². The van der Waals surface area contributed by atoms with Gasteiger partial charge in [0.05, 0.1) is 6.61 Å². The summed E-state index contributed by atoms with van der Waals surface area (Å²) in [6.07, 6.45) is -0.781. The first-order valence-electron chi connectivity index (χ1n) is 10.8. The highest BCUT2D eigenvalue weighted by Gasteiger charge is 2.35. The van der Waals surface area contributed by atoms with E-state index in [0.29, 0.717) is 0 Å². The molecule has 0 fully saturated rings. The van der Waals surface area contributed by atoms with Crippen LogP contribution in [0.4, 0.5) is 4.79 Å². The second-order valence-electron chi connectivity index (χ2n) is 9.12. The summed E-state index contributed by atoms with van der Waals surface area (Å²) < 4.78 is 10.5. The Morgan fingerprint density at radius 3 is 2.00 bits per heavy atom. The highest BCUT2D eigenvalue weighted by molar-refractivity contribution is 5.89. The standard InChI is InChI=1S/C25H30N2O6/c1-25(2,3)21(23(29)30)27-22(28)20(14-32-4)26-24(31)33-13-19-17-11-7-5-9-15(17)16-10-6-8-12-18(16)19/h5-12,19-21H,13-14H2,1-4H3,(H,26,31)(H,27,28)(H,29,30). The molecule has 0 aliphatic heterocycles. The summed E-state index contributed by atoms with van der Waals surface area (Å²) in [4.78, 5) is 36.8. The van der Waals surface area contributed by atoms with Crippen molar-refractivity contribution in [1.29, 1.82) is 0 Å². The van der Waals surface area contributed by atoms with Crippen LogP contribution in [0.3, 0.4) is 0 Å². The molecule has 0 bridgehead atoms. The van der Waals surface area contributed by atoms with Crippen LogP contribution in [-0.4, -0.2) is 55.5 Å². The van der Waals surface area contributed by atoms with Crippen LogP contribution in [0.15, 0.2) is 48.5 Å². The first-order valence-corrected chi connectivity index (χ1v) is 10.8. The molecule has 0 saturated carbocycles. The lowest BCUT2D eigenvalue weighted by molar-refractivity contribution is -0.145. The molecule has 2 aromatic rings. The first-order chi connectivity index (χ1) is 15.6. The summed E-state index contributed by atoms with van der Waals surface area (Å²) in [6.45, 7) is 5.08. The molecule has 1 aliphatic carbocycles. The van der Waals surface area contributed by atoms with Gasteiger partial charge in [-0.05, 0) is 27.7 Å². The number of methoxy groups -OCH3 is 1. The Kier molecular flexibility index (Phi) is 7.38. The van der Waals surface area contributed by atoms with Crippen LogP contribution < -0.4 is 10.6 Å². The van der Waals surface area contributed by atoms with Crippen LogP contribution >= 0.6 is 0 Å². The quantitative estimate of drug-likeness (QED) is 0.565. The molecule has 2 unspecified atom stereocenters. The van der Waals surface area contributed by atoms with Crippen molar-refractivity contribution in [2.75, 3.05) is 20.3 Å². The van der Waals surface area contributed by atoms with Gasteiger partial charge in [-0.3, -0.25) is 4.79 Å². The summed E-state index contributed by atoms with van der Waals surface area (Å²) in [5.41, 5.74) is 3.66. The fraction of sp³-hybridized carbons (Fsp3) is 0.400. The number of ether oxygens (including phenoxy) is 2. The number of aliphatic carboxylic acids is 1. The zero-order valence-electron chi connectivity index (χ0n) is 19.3. The summed E-state index contributed by atoms with van der Waals surface area (Å²) in [5.74, 6) is -1.93. The van der Waals surface area contributed by atoms with E-state index >= 15 is 0 Å². The largest absolute Gasteiger partial charge is 0.480 e. The average Bonchev–Trinajstić information content (AvgIpc) is 3.08. The number of benzene rings is 2. The number of nitrogens with one attached hydrogen (secondary N) is 2. The van der Waals surface area contributed by atoms with E-state index in [4.69, 9.17) is 9.47 Å². The molecule has 33 heavy (non-hydrogen) atoms. The summed E-state index contributed by atoms with van der Waals surface area (Å²) in [5, 5.41) is 14.4. The molecular formula is C25H30N2O6. The lowest BCUT2D eigenvalue weighted by Gasteiger charge is -2.29. The van der Waals surface area contributed by atoms with Gasteiger partial charge in [0.1, 0.15) is 18.7 Å². The molecule has 0 saturated heterocycles. The number of amides is 2. The van der Waals surface area contributed by atoms with Crippen LogP contribution in [-0.2, 0) is 19.1 Å². The van der Waals surface area contributed by atoms with E-state index in [1.165, 1.54) is 7.11 Å². The number of hydrogen-bond acceptors (Lipinski definition) is 5. The van der Waals surface area contributed by atoms with Crippen LogP contribution in [0.1, 0.15) is 37.8 Å². The van der Waals surface area contributed by atoms with Gasteiger partial charge in [-0.2, -0.15) is 0 Å². The van der Waals surface area contributed by atoms with Gasteiger partial charge in [-0.25, -0.2) is 9.59 Å². The Morgan fingerprint density at radius 2 is 1.52 bits per heavy atom. The molecular weight excluding hydrogens is 424 g/mol. The van der Waals surface area contributed by atoms with Crippen LogP contribution in [0.2, 0.25) is 0 Å². The Labute approximate surface area is 193 Å². The van der Waals surface area contributed by atoms with E-state index in [0.717, 1.165) is 22.3 Å². The molecule has 3 N–H and O–H groups in total. The lowest BCUT2D eigenvalue weighted by atomic mass is 9.86. The van der Waals surface area contributed by atoms with Crippen LogP contribution in [0.5, 0.6) is 0 Å². The third-order valence-electron chi connectivity index (χ3n) is 5.69. The molecule has 1 aliphatic rings. The zero-order valence-corrected chi connectivity index (χ0v) is 19.3. The topological polar surface area (TPSA) is 114 Å². The Morgan fingerprint density at radius 1 is 0.970 bits per heavy atom. The van der Waals surface area contributed by atoms with Crippen molar-refractivity contribution in [3.63, 3.8) is 0 Å². The molecule has 2 amide bonds. The maximum atomic E-state index is 12.7. The molecule has 0 radical (unpaired) electrons. The van der Waals surface area contributed by atoms with Crippen molar-refractivity contribution in [2.24, 2.45) is 5.41 Å². The number of carbonyl (C=O) groups is 3. The lowest BCUT2D eigenvalue weighted by Crippen LogP contribution is -2.56. The van der Waals surface area contributed by atoms with Gasteiger partial charge < -0.3 is 25.2 Å². The SMILES string of the molecule is COCC(NC(=O)OCC1c2ccccc2-c2ccccc21)C(=O)NC(C(=O)O)C(C)(C)C. The Hall–Kier alpha value is -3.39. The van der Waals surface area contributed by atoms with Crippen molar-refractivity contribution in [2.45, 2.75) is 38.8 Å². The van der Waals surface area contributed by atoms with Gasteiger partial charge in [-0.15, -0.1) is 0 Å². The fourth-order valence-corrected chi connectivity index (χ4v) is 4.02. The van der Waals surface area contributed by atoms with Crippen molar-refractivity contribution >= 4 is 18.0 Å². The fourth-order valence-electron chi connectivity index (χ4n) is 4.02. The van der Waals surface area contributed by atoms with Gasteiger partial charge in [-0.1, -0.05) is 69.3 Å². The van der Waals surface area contributed by atoms with E-state index in [9.17, 15) is 19.5 Å². The van der Waals surface area contributed by atoms with Crippen molar-refractivity contribution in [1.82, 2.24) is 10.6 Å². The predicted molar refractivity (Wildman–Crippen MR) is 123 cm³/mol. The Bertz CT molecular complexity index is 984. The van der Waals surface area contributed by atoms with E-state index in [-0.39, 0.29) is 19.1 Å². The molecule has 176 valence electrons. The summed E-state index contributed by atoms with van der Waals surface area (Å²) >= 11 is 0. The summed E-state index contributed by atoms with van der Waals surface area (Å²) in [7, 11) is 1.39. The molecule has 8 heteroatoms. The van der Waals surface area contributed by atoms with Crippen molar-refractivity contribution in [3.8, 4) is 11.1 Å². The minimum atomic E-state index is -1.16. The minimum absolute atomic E-state index is 0.0981. The van der Waals surface area contributed by atoms with E-state index in [1.807, 2.05) is 48.5 Å². The molecule has 0 spiro atoms. The van der Waals surface area contributed by atoms with Crippen LogP contribution in [0, 0.1) is 5.41 Å². The van der Waals surface area contributed by atoms with Crippen molar-refractivity contribution in [3.05, 3.63) is 59.7 Å². The molecule has 2 aromatic carbocycles. The third kappa shape index (κ3) is 5.51. The summed E-state index contributed by atoms with van der Waals surface area (Å²) in [6, 6.07) is 13.7. The predicted octanol–water partition coefficient (Wildman–Crippen LogP) is 3.16. The number of fused-ring (bicyclic) bond motifs is 3. The second kappa shape index (κ2) is 10.0. The van der Waals surface area contributed by atoms with E-state index < -0.39 is 35.5 Å². The maximum Gasteiger partial charge on any atom is 0.407 e. The molecule has 0 aromatic heterocycles. The van der Waals surface area contributed by atoms with Crippen LogP contribution in [0.25, 0.3) is 11.1 Å². The normalized spacial score (nSPS) is 14.5. The van der Waals surface area contributed by atoms with Gasteiger partial charge >= 0.3 is 12.1 Å². The highest BCUT2D eigenvalue weighted by atomic mass is 16.5. The number of rotatable bonds is 8. The number of carboxylic acids is 1. The monoisotopic (exact) mass is 454 g/mol. The smallest absolute Gasteiger partial charge is 0.407 e. The third-order valence-corrected chi connectivity index (χ3v) is 5.69. The van der Waals surface area contributed by atoms with Gasteiger partial charge in [0, 0.05) is 13.0 Å². The highest BCUT2D eigenvalue weighted by Crippen LogP contribution is 2.44. The van der Waals surface area contributed by atoms with Crippen molar-refractivity contribution < 1.29 is 29.0 Å². The van der Waals surface area contributed by atoms with Gasteiger partial charge in [0.2, 0.25) is 5.91 Å². The zero-order chi connectivity index (χ0) is 24.2. The Balaban J connectivity index is 1.66. The number of carboxylic acid groups (broad SMARTS) is 1. The number of hydrogen-bond donors (Lipinski definition) is 3. The molecule has 0 heterocycles. The average molecular weight is 455 g/mol. The maximum absolute atomic E-state index is 12.7. The number of carbonyl (C=O) groups excluding carboxylic acids is 2. The second-order valence-corrected chi connectivity index (χ2v) is 9.12. The molecule has 2 atom stereocenters. The van der Waals surface area contributed by atoms with E-state index in [2.05, 4.69) is 10.6 Å². The number of alkyl carbamates (subject to hydrolysis) is 1. The minimum Gasteiger partial charge on any atom is -0.480 e. The molecule has 3 rings (SSSR count). The van der Waals surface area contributed by atoms with E-state index in [1.54, 1.807) is 20.8 Å².